The van der Waals surface area contributed by atoms with Crippen LogP contribution in [0, 0.1) is 5.41 Å². The normalized spacial score (nSPS) is 18.3. The van der Waals surface area contributed by atoms with Crippen LogP contribution in [0.3, 0.4) is 0 Å². The van der Waals surface area contributed by atoms with Gasteiger partial charge in [-0.25, -0.2) is 0 Å². The summed E-state index contributed by atoms with van der Waals surface area (Å²) >= 11 is 5.73. The summed E-state index contributed by atoms with van der Waals surface area (Å²) in [7, 11) is 0. The number of amides is 1. The number of nitrogens with one attached hydrogen (secondary N) is 1. The molecule has 0 bridgehead atoms. The van der Waals surface area contributed by atoms with Crippen LogP contribution < -0.4 is 5.32 Å². The molecule has 0 aromatic heterocycles. The molecule has 1 aliphatic rings. The van der Waals surface area contributed by atoms with Gasteiger partial charge in [0.2, 0.25) is 5.91 Å². The van der Waals surface area contributed by atoms with Crippen LogP contribution in [0.5, 0.6) is 5.75 Å². The van der Waals surface area contributed by atoms with Crippen LogP contribution in [0.25, 0.3) is 0 Å². The number of hydrogen-bond acceptors (Lipinski definition) is 2. The van der Waals surface area contributed by atoms with Gasteiger partial charge in [-0.2, -0.15) is 0 Å². The summed E-state index contributed by atoms with van der Waals surface area (Å²) < 4.78 is 0. The summed E-state index contributed by atoms with van der Waals surface area (Å²) in [5.74, 6) is 0.0205. The van der Waals surface area contributed by atoms with Gasteiger partial charge in [0, 0.05) is 17.2 Å². The molecular formula is C14H18ClNO2. The topological polar surface area (TPSA) is 49.3 Å². The molecule has 0 radical (unpaired) electrons. The average Bonchev–Trinajstić information content (AvgIpc) is 2.35. The Morgan fingerprint density at radius 2 is 2.00 bits per heavy atom. The minimum Gasteiger partial charge on any atom is -0.506 e. The minimum absolute atomic E-state index is 0.0109. The second kappa shape index (κ2) is 5.19. The van der Waals surface area contributed by atoms with E-state index in [1.54, 1.807) is 12.1 Å². The van der Waals surface area contributed by atoms with Gasteiger partial charge in [-0.05, 0) is 25.0 Å². The fraction of sp³-hybridized carbons (Fsp3) is 0.500. The first-order chi connectivity index (χ1) is 8.51. The molecule has 0 heterocycles. The SMILES string of the molecule is CC1(C(=O)Nc2ccc(Cl)c(O)c2)CCCCC1. The van der Waals surface area contributed by atoms with Gasteiger partial charge in [0.05, 0.1) is 5.02 Å². The molecule has 1 saturated carbocycles. The second-order valence-corrected chi connectivity index (χ2v) is 5.65. The van der Waals surface area contributed by atoms with Gasteiger partial charge in [0.25, 0.3) is 0 Å². The molecule has 1 aliphatic carbocycles. The van der Waals surface area contributed by atoms with Gasteiger partial charge in [0.1, 0.15) is 5.75 Å². The summed E-state index contributed by atoms with van der Waals surface area (Å²) in [4.78, 5) is 12.3. The zero-order valence-electron chi connectivity index (χ0n) is 10.5. The maximum absolute atomic E-state index is 12.3. The molecule has 3 nitrogen and oxygen atoms in total. The predicted molar refractivity (Wildman–Crippen MR) is 72.9 cm³/mol. The molecule has 2 rings (SSSR count). The van der Waals surface area contributed by atoms with E-state index in [0.717, 1.165) is 25.7 Å². The second-order valence-electron chi connectivity index (χ2n) is 5.24. The number of hydrogen-bond donors (Lipinski definition) is 2. The molecule has 0 unspecified atom stereocenters. The number of rotatable bonds is 2. The molecule has 0 atom stereocenters. The first-order valence-electron chi connectivity index (χ1n) is 6.31. The smallest absolute Gasteiger partial charge is 0.230 e. The maximum atomic E-state index is 12.3. The van der Waals surface area contributed by atoms with Crippen molar-refractivity contribution in [3.8, 4) is 5.75 Å². The zero-order valence-corrected chi connectivity index (χ0v) is 11.3. The highest BCUT2D eigenvalue weighted by atomic mass is 35.5. The third kappa shape index (κ3) is 2.78. The number of benzene rings is 1. The molecule has 18 heavy (non-hydrogen) atoms. The largest absolute Gasteiger partial charge is 0.506 e. The Kier molecular flexibility index (Phi) is 3.81. The molecular weight excluding hydrogens is 250 g/mol. The van der Waals surface area contributed by atoms with Crippen molar-refractivity contribution >= 4 is 23.2 Å². The molecule has 1 fully saturated rings. The fourth-order valence-corrected chi connectivity index (χ4v) is 2.55. The summed E-state index contributed by atoms with van der Waals surface area (Å²) in [5.41, 5.74) is 0.307. The Balaban J connectivity index is 2.08. The number of halogens is 1. The van der Waals surface area contributed by atoms with E-state index in [4.69, 9.17) is 11.6 Å². The summed E-state index contributed by atoms with van der Waals surface area (Å²) in [6, 6.07) is 4.76. The van der Waals surface area contributed by atoms with E-state index in [9.17, 15) is 9.90 Å². The van der Waals surface area contributed by atoms with Crippen LogP contribution in [-0.2, 0) is 4.79 Å². The molecule has 1 amide bonds. The van der Waals surface area contributed by atoms with E-state index < -0.39 is 0 Å². The highest BCUT2D eigenvalue weighted by molar-refractivity contribution is 6.32. The number of anilines is 1. The molecule has 1 aromatic carbocycles. The molecule has 0 aliphatic heterocycles. The van der Waals surface area contributed by atoms with Crippen LogP contribution in [0.2, 0.25) is 5.02 Å². The van der Waals surface area contributed by atoms with Crippen LogP contribution >= 0.6 is 11.6 Å². The van der Waals surface area contributed by atoms with Gasteiger partial charge in [0.15, 0.2) is 0 Å². The first-order valence-corrected chi connectivity index (χ1v) is 6.69. The lowest BCUT2D eigenvalue weighted by Gasteiger charge is -2.32. The number of aromatic hydroxyl groups is 1. The predicted octanol–water partition coefficient (Wildman–Crippen LogP) is 3.95. The molecule has 1 aromatic rings. The van der Waals surface area contributed by atoms with E-state index in [1.807, 2.05) is 6.92 Å². The van der Waals surface area contributed by atoms with Crippen molar-refractivity contribution in [3.63, 3.8) is 0 Å². The molecule has 4 heteroatoms. The Labute approximate surface area is 112 Å². The first kappa shape index (κ1) is 13.2. The van der Waals surface area contributed by atoms with Crippen molar-refractivity contribution in [2.75, 3.05) is 5.32 Å². The summed E-state index contributed by atoms with van der Waals surface area (Å²) in [5, 5.41) is 12.7. The van der Waals surface area contributed by atoms with Crippen LogP contribution in [0.1, 0.15) is 39.0 Å². The van der Waals surface area contributed by atoms with E-state index in [2.05, 4.69) is 5.32 Å². The monoisotopic (exact) mass is 267 g/mol. The van der Waals surface area contributed by atoms with E-state index in [0.29, 0.717) is 5.69 Å². The molecule has 0 spiro atoms. The number of phenols is 1. The van der Waals surface area contributed by atoms with Crippen LogP contribution in [0.15, 0.2) is 18.2 Å². The number of carbonyl (C=O) groups excluding carboxylic acids is 1. The third-order valence-electron chi connectivity index (χ3n) is 3.71. The third-order valence-corrected chi connectivity index (χ3v) is 4.03. The van der Waals surface area contributed by atoms with Crippen molar-refractivity contribution in [1.29, 1.82) is 0 Å². The van der Waals surface area contributed by atoms with Crippen molar-refractivity contribution in [2.24, 2.45) is 5.41 Å². The van der Waals surface area contributed by atoms with Gasteiger partial charge in [-0.3, -0.25) is 4.79 Å². The highest BCUT2D eigenvalue weighted by Gasteiger charge is 2.34. The maximum Gasteiger partial charge on any atom is 0.230 e. The Hall–Kier alpha value is -1.22. The lowest BCUT2D eigenvalue weighted by molar-refractivity contribution is -0.126. The zero-order chi connectivity index (χ0) is 13.2. The summed E-state index contributed by atoms with van der Waals surface area (Å²) in [6.45, 7) is 2.01. The lowest BCUT2D eigenvalue weighted by atomic mass is 9.75. The van der Waals surface area contributed by atoms with E-state index in [-0.39, 0.29) is 22.1 Å². The molecule has 98 valence electrons. The number of carbonyl (C=O) groups is 1. The van der Waals surface area contributed by atoms with Crippen LogP contribution in [0.4, 0.5) is 5.69 Å². The van der Waals surface area contributed by atoms with Crippen molar-refractivity contribution in [3.05, 3.63) is 23.2 Å². The van der Waals surface area contributed by atoms with Gasteiger partial charge in [-0.1, -0.05) is 37.8 Å². The summed E-state index contributed by atoms with van der Waals surface area (Å²) in [6.07, 6.45) is 5.28. The standard InChI is InChI=1S/C14H18ClNO2/c1-14(7-3-2-4-8-14)13(18)16-10-5-6-11(15)12(17)9-10/h5-6,9,17H,2-4,7-8H2,1H3,(H,16,18). The Morgan fingerprint density at radius 3 is 2.61 bits per heavy atom. The van der Waals surface area contributed by atoms with Crippen molar-refractivity contribution in [1.82, 2.24) is 0 Å². The number of phenolic OH excluding ortho intramolecular Hbond substituents is 1. The molecule has 2 N–H and O–H groups in total. The van der Waals surface area contributed by atoms with Gasteiger partial charge >= 0.3 is 0 Å². The quantitative estimate of drug-likeness (QED) is 0.852. The van der Waals surface area contributed by atoms with Gasteiger partial charge in [-0.15, -0.1) is 0 Å². The van der Waals surface area contributed by atoms with E-state index in [1.165, 1.54) is 12.5 Å². The highest BCUT2D eigenvalue weighted by Crippen LogP contribution is 2.37. The van der Waals surface area contributed by atoms with Crippen LogP contribution in [-0.4, -0.2) is 11.0 Å². The van der Waals surface area contributed by atoms with E-state index >= 15 is 0 Å². The van der Waals surface area contributed by atoms with Crippen molar-refractivity contribution < 1.29 is 9.90 Å². The van der Waals surface area contributed by atoms with Crippen molar-refractivity contribution in [2.45, 2.75) is 39.0 Å². The Morgan fingerprint density at radius 1 is 1.33 bits per heavy atom. The minimum atomic E-state index is -0.284. The molecule has 0 saturated heterocycles. The fourth-order valence-electron chi connectivity index (χ4n) is 2.43. The lowest BCUT2D eigenvalue weighted by Crippen LogP contribution is -2.35. The average molecular weight is 268 g/mol. The Bertz CT molecular complexity index is 453. The van der Waals surface area contributed by atoms with Gasteiger partial charge < -0.3 is 10.4 Å².